The van der Waals surface area contributed by atoms with Crippen molar-refractivity contribution in [1.82, 2.24) is 56.7 Å². The zero-order chi connectivity index (χ0) is 56.5. The summed E-state index contributed by atoms with van der Waals surface area (Å²) in [5.41, 5.74) is 19.9. The number of nitrogens with two attached hydrogens (primary N) is 3. The molecule has 416 valence electrons. The summed E-state index contributed by atoms with van der Waals surface area (Å²) in [6.45, 7) is 7.82. The highest BCUT2D eigenvalue weighted by Gasteiger charge is 2.39. The fourth-order valence-electron chi connectivity index (χ4n) is 8.63. The minimum Gasteiger partial charge on any atom is -0.370 e. The van der Waals surface area contributed by atoms with Gasteiger partial charge in [-0.2, -0.15) is 0 Å². The van der Waals surface area contributed by atoms with Crippen LogP contribution in [0.1, 0.15) is 70.7 Å². The summed E-state index contributed by atoms with van der Waals surface area (Å²) in [6, 6.07) is 6.86. The zero-order valence-corrected chi connectivity index (χ0v) is 44.9. The molecule has 1 aliphatic heterocycles. The van der Waals surface area contributed by atoms with E-state index in [0.717, 1.165) is 21.4 Å². The molecule has 10 amide bonds. The predicted octanol–water partition coefficient (Wildman–Crippen LogP) is -1.01. The van der Waals surface area contributed by atoms with Crippen LogP contribution in [0.4, 0.5) is 0 Å². The van der Waals surface area contributed by atoms with Gasteiger partial charge in [0.25, 0.3) is 0 Å². The highest BCUT2D eigenvalue weighted by atomic mass is 32.2. The highest BCUT2D eigenvalue weighted by molar-refractivity contribution is 7.99. The first-order valence-electron chi connectivity index (χ1n) is 25.4. The van der Waals surface area contributed by atoms with Gasteiger partial charge in [-0.15, -0.1) is 11.8 Å². The van der Waals surface area contributed by atoms with Gasteiger partial charge >= 0.3 is 0 Å². The number of nitrogens with one attached hydrogen (secondary N) is 8. The summed E-state index contributed by atoms with van der Waals surface area (Å²) in [7, 11) is 1.37. The lowest BCUT2D eigenvalue weighted by molar-refractivity contribution is -0.143. The molecule has 5 rings (SSSR count). The normalized spacial score (nSPS) is 16.0. The van der Waals surface area contributed by atoms with Gasteiger partial charge < -0.3 is 68.9 Å². The van der Waals surface area contributed by atoms with E-state index in [1.807, 2.05) is 38.1 Å². The zero-order valence-electron chi connectivity index (χ0n) is 44.1. The molecule has 0 spiro atoms. The topological polar surface area (TPSA) is 372 Å². The monoisotopic (exact) mass is 1080 g/mol. The molecule has 0 unspecified atom stereocenters. The molecule has 77 heavy (non-hydrogen) atoms. The number of aromatic amines is 2. The Bertz CT molecular complexity index is 2720. The van der Waals surface area contributed by atoms with Crippen LogP contribution in [0.3, 0.4) is 0 Å². The third kappa shape index (κ3) is 17.4. The largest absolute Gasteiger partial charge is 0.370 e. The molecule has 3 heterocycles. The van der Waals surface area contributed by atoms with Crippen molar-refractivity contribution in [2.45, 2.75) is 121 Å². The van der Waals surface area contributed by atoms with Crippen molar-refractivity contribution in [3.8, 4) is 0 Å². The lowest BCUT2D eigenvalue weighted by Crippen LogP contribution is -2.60. The van der Waals surface area contributed by atoms with Crippen LogP contribution < -0.4 is 49.1 Å². The molecule has 1 fully saturated rings. The standard InChI is InChI=1S/C52H72N14O10S/c1-28(2)18-39(52(76)66-27-77-25-41(66)45(55)69)63-50(74)40(21-33-23-56-26-59-33)65(6)43(68)24-58-51(75)44(29(3)4)64-46(70)30(5)60-49(73)38(20-32-22-57-36-15-11-10-14-34(32)36)62-48(72)37(16-17-42(54)67)61-47(71)35(53)19-31-12-8-7-9-13-31/h7-15,22-23,26,28-30,35,37-41,44,57H,16-21,24-25,27,53H2,1-6H3,(H2,54,67)(H2,55,69)(H,56,59)(H,58,75)(H,60,73)(H,61,71)(H,62,72)(H,63,74)(H,64,70)/t30-,35+,37-,38-,39-,40-,41-,44-/m0/s1. The van der Waals surface area contributed by atoms with Gasteiger partial charge in [-0.05, 0) is 55.2 Å². The molecule has 1 aliphatic rings. The Morgan fingerprint density at radius 1 is 0.753 bits per heavy atom. The van der Waals surface area contributed by atoms with Gasteiger partial charge in [-0.25, -0.2) is 4.98 Å². The lowest BCUT2D eigenvalue weighted by Gasteiger charge is -2.32. The van der Waals surface area contributed by atoms with E-state index in [1.54, 1.807) is 50.4 Å². The molecule has 0 aliphatic carbocycles. The van der Waals surface area contributed by atoms with Gasteiger partial charge in [0.15, 0.2) is 0 Å². The summed E-state index contributed by atoms with van der Waals surface area (Å²) in [6.07, 6.45) is 4.29. The van der Waals surface area contributed by atoms with E-state index in [9.17, 15) is 47.9 Å². The maximum atomic E-state index is 14.2. The van der Waals surface area contributed by atoms with E-state index in [1.165, 1.54) is 43.2 Å². The second-order valence-corrected chi connectivity index (χ2v) is 20.9. The molecule has 0 bridgehead atoms. The van der Waals surface area contributed by atoms with E-state index in [0.29, 0.717) is 17.0 Å². The number of amides is 10. The van der Waals surface area contributed by atoms with E-state index >= 15 is 0 Å². The second-order valence-electron chi connectivity index (χ2n) is 19.9. The summed E-state index contributed by atoms with van der Waals surface area (Å²) < 4.78 is 0. The number of carbonyl (C=O) groups is 10. The Morgan fingerprint density at radius 2 is 1.42 bits per heavy atom. The number of fused-ring (bicyclic) bond motifs is 1. The van der Waals surface area contributed by atoms with Crippen molar-refractivity contribution in [3.63, 3.8) is 0 Å². The van der Waals surface area contributed by atoms with Crippen molar-refractivity contribution >= 4 is 81.7 Å². The molecule has 2 aromatic heterocycles. The Kier molecular flexibility index (Phi) is 22.1. The first-order chi connectivity index (χ1) is 36.5. The van der Waals surface area contributed by atoms with Crippen LogP contribution >= 0.6 is 11.8 Å². The molecule has 25 heteroatoms. The molecule has 24 nitrogen and oxygen atoms in total. The van der Waals surface area contributed by atoms with Crippen molar-refractivity contribution in [2.24, 2.45) is 29.0 Å². The van der Waals surface area contributed by atoms with Gasteiger partial charge in [0.1, 0.15) is 42.3 Å². The van der Waals surface area contributed by atoms with Crippen LogP contribution in [-0.4, -0.2) is 157 Å². The first-order valence-corrected chi connectivity index (χ1v) is 26.5. The molecule has 8 atom stereocenters. The third-order valence-corrected chi connectivity index (χ3v) is 14.1. The molecule has 0 saturated carbocycles. The van der Waals surface area contributed by atoms with Crippen LogP contribution in [0, 0.1) is 11.8 Å². The van der Waals surface area contributed by atoms with Crippen LogP contribution in [-0.2, 0) is 67.2 Å². The van der Waals surface area contributed by atoms with Crippen molar-refractivity contribution < 1.29 is 47.9 Å². The number of benzene rings is 2. The molecule has 0 radical (unpaired) electrons. The molecule has 2 aromatic carbocycles. The van der Waals surface area contributed by atoms with E-state index in [4.69, 9.17) is 17.2 Å². The molecule has 14 N–H and O–H groups in total. The number of imidazole rings is 1. The number of H-pyrrole nitrogens is 2. The number of likely N-dealkylation sites (N-methyl/N-ethyl adjacent to an activating group) is 1. The van der Waals surface area contributed by atoms with Gasteiger partial charge in [0.05, 0.1) is 24.8 Å². The van der Waals surface area contributed by atoms with Crippen LogP contribution in [0.15, 0.2) is 73.3 Å². The van der Waals surface area contributed by atoms with E-state index < -0.39 is 120 Å². The van der Waals surface area contributed by atoms with Gasteiger partial charge in [0.2, 0.25) is 59.1 Å². The van der Waals surface area contributed by atoms with Gasteiger partial charge in [0, 0.05) is 61.1 Å². The number of nitrogens with zero attached hydrogens (tertiary/aromatic N) is 3. The van der Waals surface area contributed by atoms with E-state index in [-0.39, 0.29) is 50.3 Å². The highest BCUT2D eigenvalue weighted by Crippen LogP contribution is 2.24. The Hall–Kier alpha value is -7.80. The van der Waals surface area contributed by atoms with Crippen LogP contribution in [0.5, 0.6) is 0 Å². The number of para-hydroxylation sites is 1. The van der Waals surface area contributed by atoms with E-state index in [2.05, 4.69) is 46.9 Å². The second kappa shape index (κ2) is 28.4. The molecule has 4 aromatic rings. The fourth-order valence-corrected chi connectivity index (χ4v) is 9.80. The lowest BCUT2D eigenvalue weighted by atomic mass is 10.0. The molecule has 1 saturated heterocycles. The number of rotatable bonds is 28. The number of primary amides is 2. The Morgan fingerprint density at radius 3 is 2.06 bits per heavy atom. The average molecular weight is 1090 g/mol. The smallest absolute Gasteiger partial charge is 0.246 e. The maximum absolute atomic E-state index is 14.2. The molecular formula is C52H72N14O10S. The number of hydrogen-bond donors (Lipinski definition) is 11. The summed E-state index contributed by atoms with van der Waals surface area (Å²) >= 11 is 1.36. The minimum atomic E-state index is -1.35. The number of thioether (sulfide) groups is 1. The quantitative estimate of drug-likeness (QED) is 0.0325. The van der Waals surface area contributed by atoms with Crippen molar-refractivity contribution in [3.05, 3.63) is 90.1 Å². The van der Waals surface area contributed by atoms with Crippen molar-refractivity contribution in [2.75, 3.05) is 25.2 Å². The predicted molar refractivity (Wildman–Crippen MR) is 287 cm³/mol. The average Bonchev–Trinajstić information content (AvgIpc) is 4.19. The van der Waals surface area contributed by atoms with Crippen molar-refractivity contribution in [1.29, 1.82) is 0 Å². The SMILES string of the molecule is CC(C)C[C@H](NC(=O)[C@H](Cc1cnc[nH]1)N(C)C(=O)CNC(=O)[C@@H](NC(=O)[C@H](C)NC(=O)[C@H](Cc1c[nH]c2ccccc12)NC(=O)[C@H](CCC(N)=O)NC(=O)[C@H](N)Cc1ccccc1)C(C)C)C(=O)N1CSC[C@H]1C(N)=O. The number of aromatic nitrogens is 3. The summed E-state index contributed by atoms with van der Waals surface area (Å²) in [4.78, 5) is 148. The third-order valence-electron chi connectivity index (χ3n) is 13.0. The van der Waals surface area contributed by atoms with Gasteiger partial charge in [-0.3, -0.25) is 47.9 Å². The first kappa shape index (κ1) is 60.1. The van der Waals surface area contributed by atoms with Crippen LogP contribution in [0.25, 0.3) is 10.9 Å². The Labute approximate surface area is 450 Å². The summed E-state index contributed by atoms with van der Waals surface area (Å²) in [5, 5.41) is 16.7. The maximum Gasteiger partial charge on any atom is 0.246 e. The number of carbonyl (C=O) groups excluding carboxylic acids is 10. The van der Waals surface area contributed by atoms with Crippen LogP contribution in [0.2, 0.25) is 0 Å². The van der Waals surface area contributed by atoms with Gasteiger partial charge in [-0.1, -0.05) is 76.2 Å². The summed E-state index contributed by atoms with van der Waals surface area (Å²) in [5.74, 6) is -7.18. The number of hydrogen-bond acceptors (Lipinski definition) is 13. The Balaban J connectivity index is 1.26. The fraction of sp³-hybridized carbons (Fsp3) is 0.481. The molecular weight excluding hydrogens is 1010 g/mol. The minimum absolute atomic E-state index is 0.0506.